The summed E-state index contributed by atoms with van der Waals surface area (Å²) in [5.41, 5.74) is 3.49. The Balaban J connectivity index is 1.14. The van der Waals surface area contributed by atoms with Gasteiger partial charge in [0.25, 0.3) is 11.8 Å². The molecule has 0 bridgehead atoms. The molecule has 210 valence electrons. The normalized spacial score (nSPS) is 19.4. The Labute approximate surface area is 242 Å². The number of ether oxygens (including phenoxy) is 1. The Morgan fingerprint density at radius 3 is 2.57 bits per heavy atom. The first-order chi connectivity index (χ1) is 20.4. The van der Waals surface area contributed by atoms with Crippen LogP contribution in [0.5, 0.6) is 5.75 Å². The molecule has 1 saturated carbocycles. The third kappa shape index (κ3) is 4.65. The molecular weight excluding hydrogens is 530 g/mol. The lowest BCUT2D eigenvalue weighted by Crippen LogP contribution is -2.52. The number of nitrogens with one attached hydrogen (secondary N) is 2. The van der Waals surface area contributed by atoms with Crippen molar-refractivity contribution in [1.82, 2.24) is 25.3 Å². The van der Waals surface area contributed by atoms with Crippen LogP contribution in [0.2, 0.25) is 0 Å². The van der Waals surface area contributed by atoms with Gasteiger partial charge >= 0.3 is 6.03 Å². The smallest absolute Gasteiger partial charge is 0.322 e. The van der Waals surface area contributed by atoms with Crippen molar-refractivity contribution >= 4 is 28.7 Å². The number of amides is 4. The average molecular weight is 560 g/mol. The van der Waals surface area contributed by atoms with Gasteiger partial charge in [-0.3, -0.25) is 19.6 Å². The predicted molar refractivity (Wildman–Crippen MR) is 156 cm³/mol. The summed E-state index contributed by atoms with van der Waals surface area (Å²) in [6, 6.07) is 18.5. The van der Waals surface area contributed by atoms with Crippen molar-refractivity contribution in [2.75, 3.05) is 13.2 Å². The zero-order valence-corrected chi connectivity index (χ0v) is 23.1. The lowest BCUT2D eigenvalue weighted by molar-refractivity contribution is -0.124. The van der Waals surface area contributed by atoms with Gasteiger partial charge < -0.3 is 15.0 Å². The van der Waals surface area contributed by atoms with E-state index in [1.807, 2.05) is 47.1 Å². The van der Waals surface area contributed by atoms with Crippen molar-refractivity contribution in [1.29, 1.82) is 0 Å². The van der Waals surface area contributed by atoms with Crippen LogP contribution in [0.1, 0.15) is 41.3 Å². The van der Waals surface area contributed by atoms with Gasteiger partial charge in [0.2, 0.25) is 0 Å². The van der Waals surface area contributed by atoms with Gasteiger partial charge in [0, 0.05) is 30.2 Å². The molecule has 4 amide bonds. The first-order valence-corrected chi connectivity index (χ1v) is 14.1. The molecule has 0 radical (unpaired) electrons. The number of hydrogen-bond acceptors (Lipinski definition) is 5. The Morgan fingerprint density at radius 2 is 1.83 bits per heavy atom. The first-order valence-electron chi connectivity index (χ1n) is 14.1. The van der Waals surface area contributed by atoms with E-state index >= 15 is 0 Å². The molecule has 2 aliphatic heterocycles. The summed E-state index contributed by atoms with van der Waals surface area (Å²) in [6.07, 6.45) is 4.65. The minimum absolute atomic E-state index is 0.0128. The van der Waals surface area contributed by atoms with Crippen LogP contribution in [0.4, 0.5) is 4.79 Å². The van der Waals surface area contributed by atoms with E-state index in [9.17, 15) is 14.4 Å². The van der Waals surface area contributed by atoms with Crippen molar-refractivity contribution in [3.63, 3.8) is 0 Å². The predicted octanol–water partition coefficient (Wildman–Crippen LogP) is 4.21. The lowest BCUT2D eigenvalue weighted by Gasteiger charge is -2.31. The second kappa shape index (κ2) is 10.1. The van der Waals surface area contributed by atoms with Gasteiger partial charge in [-0.1, -0.05) is 42.3 Å². The van der Waals surface area contributed by atoms with E-state index in [2.05, 4.69) is 34.7 Å². The Bertz CT molecular complexity index is 1810. The summed E-state index contributed by atoms with van der Waals surface area (Å²) in [4.78, 5) is 40.7. The monoisotopic (exact) mass is 559 g/mol. The molecular formula is C33H29N5O4. The Kier molecular flexibility index (Phi) is 6.19. The van der Waals surface area contributed by atoms with E-state index in [0.29, 0.717) is 23.4 Å². The van der Waals surface area contributed by atoms with Gasteiger partial charge in [0.05, 0.1) is 12.1 Å². The van der Waals surface area contributed by atoms with E-state index in [0.717, 1.165) is 40.1 Å². The molecule has 1 aromatic heterocycles. The van der Waals surface area contributed by atoms with Gasteiger partial charge in [0.1, 0.15) is 12.4 Å². The molecule has 3 aromatic carbocycles. The molecule has 42 heavy (non-hydrogen) atoms. The standard InChI is InChI=1S/C33H29N5O4/c1-2-3-14-42-27-12-8-24-18-37(30(39)28(24)16-27)20-33(31(40)34-32(41)35-33)26-10-6-22(7-11-26)23-9-13-29-25(15-23)19-38(36-29)17-21-4-5-21/h6-13,15-16,19,21H,4-5,14,17-18,20H2,1H3,(H2,34,35,40,41)/t33-/m0/s1. The SMILES string of the molecule is CC#CCOc1ccc2c(c1)C(=O)N(C[C@@]1(c3ccc(-c4ccc5nn(CC6CC6)cc5c4)cc3)NC(=O)NC1=O)C2. The number of carbonyl (C=O) groups excluding carboxylic acids is 3. The molecule has 0 spiro atoms. The molecule has 2 N–H and O–H groups in total. The number of fused-ring (bicyclic) bond motifs is 2. The molecule has 1 saturated heterocycles. The molecule has 7 rings (SSSR count). The van der Waals surface area contributed by atoms with Crippen molar-refractivity contribution in [3.8, 4) is 28.7 Å². The Morgan fingerprint density at radius 1 is 1.02 bits per heavy atom. The summed E-state index contributed by atoms with van der Waals surface area (Å²) in [5.74, 6) is 6.20. The number of rotatable bonds is 8. The van der Waals surface area contributed by atoms with Crippen LogP contribution in [-0.2, 0) is 23.4 Å². The molecule has 9 nitrogen and oxygen atoms in total. The number of aromatic nitrogens is 2. The van der Waals surface area contributed by atoms with Gasteiger partial charge in [-0.15, -0.1) is 5.92 Å². The fourth-order valence-corrected chi connectivity index (χ4v) is 5.80. The van der Waals surface area contributed by atoms with Crippen LogP contribution in [0.15, 0.2) is 66.9 Å². The summed E-state index contributed by atoms with van der Waals surface area (Å²) < 4.78 is 7.66. The van der Waals surface area contributed by atoms with Crippen LogP contribution < -0.4 is 15.4 Å². The van der Waals surface area contributed by atoms with Crippen molar-refractivity contribution in [2.45, 2.75) is 38.4 Å². The molecule has 0 unspecified atom stereocenters. The van der Waals surface area contributed by atoms with Crippen LogP contribution in [0.25, 0.3) is 22.0 Å². The molecule has 2 fully saturated rings. The molecule has 3 heterocycles. The van der Waals surface area contributed by atoms with Crippen LogP contribution in [0, 0.1) is 17.8 Å². The summed E-state index contributed by atoms with van der Waals surface area (Å²) in [5, 5.41) is 11.0. The van der Waals surface area contributed by atoms with E-state index in [4.69, 9.17) is 9.84 Å². The molecule has 1 aliphatic carbocycles. The summed E-state index contributed by atoms with van der Waals surface area (Å²) in [6.45, 7) is 3.24. The lowest BCUT2D eigenvalue weighted by atomic mass is 9.88. The van der Waals surface area contributed by atoms with Gasteiger partial charge in [-0.2, -0.15) is 5.10 Å². The highest BCUT2D eigenvalue weighted by Crippen LogP contribution is 2.34. The number of hydrogen-bond donors (Lipinski definition) is 2. The van der Waals surface area contributed by atoms with E-state index < -0.39 is 17.5 Å². The minimum atomic E-state index is -1.42. The van der Waals surface area contributed by atoms with Crippen molar-refractivity contribution in [2.24, 2.45) is 5.92 Å². The van der Waals surface area contributed by atoms with Gasteiger partial charge in [-0.05, 0) is 72.2 Å². The topological polar surface area (TPSA) is 106 Å². The first kappa shape index (κ1) is 25.8. The highest BCUT2D eigenvalue weighted by molar-refractivity contribution is 6.08. The van der Waals surface area contributed by atoms with Crippen molar-refractivity contribution in [3.05, 3.63) is 83.6 Å². The van der Waals surface area contributed by atoms with Gasteiger partial charge in [0.15, 0.2) is 5.54 Å². The van der Waals surface area contributed by atoms with E-state index in [-0.39, 0.29) is 19.1 Å². The van der Waals surface area contributed by atoms with Crippen LogP contribution in [-0.4, -0.2) is 45.7 Å². The molecule has 9 heteroatoms. The second-order valence-electron chi connectivity index (χ2n) is 11.2. The third-order valence-electron chi connectivity index (χ3n) is 8.22. The van der Waals surface area contributed by atoms with Crippen molar-refractivity contribution < 1.29 is 19.1 Å². The maximum Gasteiger partial charge on any atom is 0.322 e. The summed E-state index contributed by atoms with van der Waals surface area (Å²) >= 11 is 0. The largest absolute Gasteiger partial charge is 0.481 e. The molecule has 4 aromatic rings. The second-order valence-corrected chi connectivity index (χ2v) is 11.2. The fourth-order valence-electron chi connectivity index (χ4n) is 5.80. The third-order valence-corrected chi connectivity index (χ3v) is 8.22. The highest BCUT2D eigenvalue weighted by atomic mass is 16.5. The molecule has 1 atom stereocenters. The van der Waals surface area contributed by atoms with E-state index in [1.165, 1.54) is 12.8 Å². The molecule has 3 aliphatic rings. The zero-order valence-electron chi connectivity index (χ0n) is 23.1. The van der Waals surface area contributed by atoms with E-state index in [1.54, 1.807) is 24.0 Å². The number of carbonyl (C=O) groups is 3. The maximum atomic E-state index is 13.4. The Hall–Kier alpha value is -5.10. The highest BCUT2D eigenvalue weighted by Gasteiger charge is 2.50. The van der Waals surface area contributed by atoms with Crippen LogP contribution in [0.3, 0.4) is 0 Å². The average Bonchev–Trinajstić information content (AvgIpc) is 3.52. The minimum Gasteiger partial charge on any atom is -0.481 e. The van der Waals surface area contributed by atoms with Crippen LogP contribution >= 0.6 is 0 Å². The maximum absolute atomic E-state index is 13.4. The van der Waals surface area contributed by atoms with Gasteiger partial charge in [-0.25, -0.2) is 4.79 Å². The zero-order chi connectivity index (χ0) is 28.8. The number of urea groups is 1. The quantitative estimate of drug-likeness (QED) is 0.249. The fraction of sp³-hybridized carbons (Fsp3) is 0.273. The number of imide groups is 1. The summed E-state index contributed by atoms with van der Waals surface area (Å²) in [7, 11) is 0. The number of nitrogens with zero attached hydrogens (tertiary/aromatic N) is 3. The number of benzene rings is 3.